The van der Waals surface area contributed by atoms with Crippen molar-refractivity contribution in [3.05, 3.63) is 29.3 Å². The molecule has 1 N–H and O–H groups in total. The SMILES string of the molecule is COc1ccc(C(O)C2(C)CCCS2)c(C)c1. The van der Waals surface area contributed by atoms with Gasteiger partial charge in [-0.15, -0.1) is 0 Å². The third kappa shape index (κ3) is 2.45. The molecule has 2 nitrogen and oxygen atoms in total. The summed E-state index contributed by atoms with van der Waals surface area (Å²) < 4.78 is 5.17. The van der Waals surface area contributed by atoms with E-state index in [0.717, 1.165) is 29.1 Å². The van der Waals surface area contributed by atoms with Crippen LogP contribution in [0.1, 0.15) is 37.0 Å². The fourth-order valence-corrected chi connectivity index (χ4v) is 3.76. The third-order valence-electron chi connectivity index (χ3n) is 3.60. The number of aryl methyl sites for hydroxylation is 1. The average Bonchev–Trinajstić information content (AvgIpc) is 2.76. The van der Waals surface area contributed by atoms with Crippen molar-refractivity contribution in [3.63, 3.8) is 0 Å². The summed E-state index contributed by atoms with van der Waals surface area (Å²) in [6.45, 7) is 4.20. The van der Waals surface area contributed by atoms with Crippen molar-refractivity contribution in [3.8, 4) is 5.75 Å². The maximum atomic E-state index is 10.6. The number of benzene rings is 1. The van der Waals surface area contributed by atoms with Crippen molar-refractivity contribution in [2.75, 3.05) is 12.9 Å². The molecule has 1 aromatic rings. The van der Waals surface area contributed by atoms with Crippen LogP contribution in [0.3, 0.4) is 0 Å². The van der Waals surface area contributed by atoms with Gasteiger partial charge in [0.05, 0.1) is 13.2 Å². The van der Waals surface area contributed by atoms with Gasteiger partial charge in [-0.05, 0) is 55.7 Å². The molecule has 1 aromatic carbocycles. The summed E-state index contributed by atoms with van der Waals surface area (Å²) in [6, 6.07) is 5.90. The molecule has 2 unspecified atom stereocenters. The average molecular weight is 252 g/mol. The molecule has 94 valence electrons. The summed E-state index contributed by atoms with van der Waals surface area (Å²) in [5.74, 6) is 2.01. The molecule has 0 spiro atoms. The van der Waals surface area contributed by atoms with Gasteiger partial charge in [-0.2, -0.15) is 11.8 Å². The van der Waals surface area contributed by atoms with Gasteiger partial charge in [-0.25, -0.2) is 0 Å². The van der Waals surface area contributed by atoms with Crippen LogP contribution in [0.4, 0.5) is 0 Å². The van der Waals surface area contributed by atoms with Crippen molar-refractivity contribution < 1.29 is 9.84 Å². The predicted molar refractivity (Wildman–Crippen MR) is 72.8 cm³/mol. The second kappa shape index (κ2) is 4.91. The zero-order valence-electron chi connectivity index (χ0n) is 10.7. The molecule has 0 radical (unpaired) electrons. The maximum Gasteiger partial charge on any atom is 0.119 e. The molecule has 3 heteroatoms. The Balaban J connectivity index is 2.27. The van der Waals surface area contributed by atoms with E-state index in [-0.39, 0.29) is 10.9 Å². The van der Waals surface area contributed by atoms with Crippen molar-refractivity contribution >= 4 is 11.8 Å². The van der Waals surface area contributed by atoms with Crippen LogP contribution in [0, 0.1) is 6.92 Å². The predicted octanol–water partition coefficient (Wildman–Crippen LogP) is 3.32. The minimum atomic E-state index is -0.388. The molecule has 0 aliphatic carbocycles. The molecule has 1 fully saturated rings. The van der Waals surface area contributed by atoms with E-state index >= 15 is 0 Å². The Hall–Kier alpha value is -0.670. The topological polar surface area (TPSA) is 29.5 Å². The number of methoxy groups -OCH3 is 1. The molecular weight excluding hydrogens is 232 g/mol. The number of aliphatic hydroxyl groups excluding tert-OH is 1. The smallest absolute Gasteiger partial charge is 0.119 e. The highest BCUT2D eigenvalue weighted by Gasteiger charge is 2.38. The molecular formula is C14H20O2S. The summed E-state index contributed by atoms with van der Waals surface area (Å²) in [6.07, 6.45) is 1.90. The molecule has 0 aromatic heterocycles. The summed E-state index contributed by atoms with van der Waals surface area (Å²) in [7, 11) is 1.67. The largest absolute Gasteiger partial charge is 0.497 e. The maximum absolute atomic E-state index is 10.6. The number of aliphatic hydroxyl groups is 1. The summed E-state index contributed by atoms with van der Waals surface area (Å²) in [5.41, 5.74) is 2.13. The van der Waals surface area contributed by atoms with Crippen LogP contribution in [0.15, 0.2) is 18.2 Å². The molecule has 0 bridgehead atoms. The number of hydrogen-bond donors (Lipinski definition) is 1. The minimum Gasteiger partial charge on any atom is -0.497 e. The molecule has 2 rings (SSSR count). The Labute approximate surface area is 107 Å². The lowest BCUT2D eigenvalue weighted by Gasteiger charge is -2.30. The van der Waals surface area contributed by atoms with E-state index < -0.39 is 0 Å². The van der Waals surface area contributed by atoms with Gasteiger partial charge in [0.1, 0.15) is 5.75 Å². The highest BCUT2D eigenvalue weighted by molar-refractivity contribution is 8.00. The van der Waals surface area contributed by atoms with Gasteiger partial charge in [0.2, 0.25) is 0 Å². The first kappa shape index (κ1) is 12.8. The van der Waals surface area contributed by atoms with Crippen LogP contribution in [0.25, 0.3) is 0 Å². The molecule has 17 heavy (non-hydrogen) atoms. The van der Waals surface area contributed by atoms with Gasteiger partial charge in [0.15, 0.2) is 0 Å². The fraction of sp³-hybridized carbons (Fsp3) is 0.571. The Bertz CT molecular complexity index is 397. The zero-order chi connectivity index (χ0) is 12.5. The van der Waals surface area contributed by atoms with Gasteiger partial charge in [-0.1, -0.05) is 6.07 Å². The molecule has 1 heterocycles. The summed E-state index contributed by atoms with van der Waals surface area (Å²) in [5, 5.41) is 10.6. The van der Waals surface area contributed by atoms with Crippen LogP contribution in [-0.2, 0) is 0 Å². The highest BCUT2D eigenvalue weighted by atomic mass is 32.2. The molecule has 1 aliphatic heterocycles. The van der Waals surface area contributed by atoms with Crippen molar-refractivity contribution in [1.29, 1.82) is 0 Å². The first-order valence-electron chi connectivity index (χ1n) is 6.03. The van der Waals surface area contributed by atoms with Crippen molar-refractivity contribution in [1.82, 2.24) is 0 Å². The van der Waals surface area contributed by atoms with Crippen LogP contribution in [-0.4, -0.2) is 22.7 Å². The van der Waals surface area contributed by atoms with Gasteiger partial charge in [0, 0.05) is 4.75 Å². The number of thioether (sulfide) groups is 1. The van der Waals surface area contributed by atoms with Crippen LogP contribution < -0.4 is 4.74 Å². The zero-order valence-corrected chi connectivity index (χ0v) is 11.5. The standard InChI is InChI=1S/C14H20O2S/c1-10-9-11(16-3)5-6-12(10)13(15)14(2)7-4-8-17-14/h5-6,9,13,15H,4,7-8H2,1-3H3. The first-order valence-corrected chi connectivity index (χ1v) is 7.02. The molecule has 1 aliphatic rings. The van der Waals surface area contributed by atoms with E-state index in [0.29, 0.717) is 0 Å². The van der Waals surface area contributed by atoms with Gasteiger partial charge in [-0.3, -0.25) is 0 Å². The molecule has 0 saturated carbocycles. The van der Waals surface area contributed by atoms with E-state index in [1.54, 1.807) is 7.11 Å². The Morgan fingerprint density at radius 3 is 2.76 bits per heavy atom. The Kier molecular flexibility index (Phi) is 3.69. The quantitative estimate of drug-likeness (QED) is 0.895. The molecule has 0 amide bonds. The van der Waals surface area contributed by atoms with Crippen LogP contribution >= 0.6 is 11.8 Å². The Morgan fingerprint density at radius 2 is 2.24 bits per heavy atom. The lowest BCUT2D eigenvalue weighted by molar-refractivity contribution is 0.134. The van der Waals surface area contributed by atoms with E-state index in [2.05, 4.69) is 6.92 Å². The molecule has 1 saturated heterocycles. The lowest BCUT2D eigenvalue weighted by Crippen LogP contribution is -2.26. The van der Waals surface area contributed by atoms with Crippen LogP contribution in [0.5, 0.6) is 5.75 Å². The highest BCUT2D eigenvalue weighted by Crippen LogP contribution is 2.47. The number of hydrogen-bond acceptors (Lipinski definition) is 3. The van der Waals surface area contributed by atoms with E-state index in [9.17, 15) is 5.11 Å². The molecule has 2 atom stereocenters. The third-order valence-corrected chi connectivity index (χ3v) is 5.18. The normalized spacial score (nSPS) is 25.9. The monoisotopic (exact) mass is 252 g/mol. The number of rotatable bonds is 3. The Morgan fingerprint density at radius 1 is 1.47 bits per heavy atom. The van der Waals surface area contributed by atoms with Crippen molar-refractivity contribution in [2.24, 2.45) is 0 Å². The lowest BCUT2D eigenvalue weighted by atomic mass is 9.90. The van der Waals surface area contributed by atoms with Crippen molar-refractivity contribution in [2.45, 2.75) is 37.5 Å². The van der Waals surface area contributed by atoms with Gasteiger partial charge >= 0.3 is 0 Å². The first-order chi connectivity index (χ1) is 8.07. The van der Waals surface area contributed by atoms with E-state index in [4.69, 9.17) is 4.74 Å². The minimum absolute atomic E-state index is 0.0284. The van der Waals surface area contributed by atoms with E-state index in [1.807, 2.05) is 36.9 Å². The fourth-order valence-electron chi connectivity index (χ4n) is 2.43. The second-order valence-electron chi connectivity index (χ2n) is 4.89. The van der Waals surface area contributed by atoms with Crippen LogP contribution in [0.2, 0.25) is 0 Å². The van der Waals surface area contributed by atoms with Gasteiger partial charge in [0.25, 0.3) is 0 Å². The summed E-state index contributed by atoms with van der Waals surface area (Å²) in [4.78, 5) is 0. The van der Waals surface area contributed by atoms with E-state index in [1.165, 1.54) is 6.42 Å². The summed E-state index contributed by atoms with van der Waals surface area (Å²) >= 11 is 1.89. The number of ether oxygens (including phenoxy) is 1. The van der Waals surface area contributed by atoms with Gasteiger partial charge < -0.3 is 9.84 Å². The second-order valence-corrected chi connectivity index (χ2v) is 6.52.